The molecule has 170 valence electrons. The highest BCUT2D eigenvalue weighted by Crippen LogP contribution is 2.28. The summed E-state index contributed by atoms with van der Waals surface area (Å²) in [4.78, 5) is 10.0. The van der Waals surface area contributed by atoms with Gasteiger partial charge >= 0.3 is 0 Å². The topological polar surface area (TPSA) is 57.6 Å². The van der Waals surface area contributed by atoms with E-state index in [4.69, 9.17) is 16.4 Å². The summed E-state index contributed by atoms with van der Waals surface area (Å²) < 4.78 is 0. The fourth-order valence-corrected chi connectivity index (χ4v) is 3.54. The molecule has 0 spiro atoms. The molecular weight excluding hydrogens is 422 g/mol. The molecule has 0 radical (unpaired) electrons. The zero-order valence-corrected chi connectivity index (χ0v) is 19.6. The third kappa shape index (κ3) is 8.15. The number of pyridine rings is 1. The molecule has 2 aromatic carbocycles. The van der Waals surface area contributed by atoms with Gasteiger partial charge in [-0.1, -0.05) is 47.5 Å². The number of nitrogens with zero attached hydrogens (tertiary/aromatic N) is 2. The largest absolute Gasteiger partial charge is 0.506 e. The molecule has 4 rings (SSSR count). The number of hydroxylamine groups is 2. The molecule has 2 heterocycles. The van der Waals surface area contributed by atoms with Gasteiger partial charge < -0.3 is 15.3 Å². The molecule has 0 amide bonds. The average Bonchev–Trinajstić information content (AvgIpc) is 3.29. The van der Waals surface area contributed by atoms with Crippen molar-refractivity contribution in [1.82, 2.24) is 15.4 Å². The lowest BCUT2D eigenvalue weighted by Crippen LogP contribution is -2.23. The third-order valence-corrected chi connectivity index (χ3v) is 5.48. The van der Waals surface area contributed by atoms with Crippen LogP contribution in [0, 0.1) is 13.8 Å². The minimum atomic E-state index is 0.0837. The number of phenols is 1. The molecule has 0 atom stereocenters. The summed E-state index contributed by atoms with van der Waals surface area (Å²) in [6, 6.07) is 19.7. The Morgan fingerprint density at radius 1 is 1.03 bits per heavy atom. The Morgan fingerprint density at radius 2 is 1.78 bits per heavy atom. The molecule has 1 aliphatic heterocycles. The number of hydrogen-bond donors (Lipinski definition) is 2. The quantitative estimate of drug-likeness (QED) is 0.465. The lowest BCUT2D eigenvalue weighted by atomic mass is 10.1. The van der Waals surface area contributed by atoms with Crippen LogP contribution >= 0.6 is 11.6 Å². The summed E-state index contributed by atoms with van der Waals surface area (Å²) in [5.41, 5.74) is 4.89. The Morgan fingerprint density at radius 3 is 2.47 bits per heavy atom. The first-order valence-corrected chi connectivity index (χ1v) is 11.5. The van der Waals surface area contributed by atoms with E-state index in [-0.39, 0.29) is 5.75 Å². The number of nitrogens with one attached hydrogen (secondary N) is 1. The van der Waals surface area contributed by atoms with Crippen LogP contribution in [0.1, 0.15) is 35.4 Å². The van der Waals surface area contributed by atoms with Gasteiger partial charge in [-0.25, -0.2) is 0 Å². The van der Waals surface area contributed by atoms with Crippen molar-refractivity contribution in [1.29, 1.82) is 0 Å². The molecule has 6 heteroatoms. The van der Waals surface area contributed by atoms with Crippen LogP contribution in [0.5, 0.6) is 11.5 Å². The van der Waals surface area contributed by atoms with Crippen LogP contribution in [0.2, 0.25) is 5.02 Å². The van der Waals surface area contributed by atoms with Crippen LogP contribution < -0.4 is 10.2 Å². The molecule has 5 nitrogen and oxygen atoms in total. The molecule has 1 saturated heterocycles. The van der Waals surface area contributed by atoms with Gasteiger partial charge in [-0.15, -0.1) is 5.06 Å². The lowest BCUT2D eigenvalue weighted by molar-refractivity contribution is -0.0346. The number of benzene rings is 2. The molecule has 0 aliphatic carbocycles. The van der Waals surface area contributed by atoms with Gasteiger partial charge in [-0.05, 0) is 56.5 Å². The van der Waals surface area contributed by atoms with Crippen molar-refractivity contribution in [2.75, 3.05) is 19.6 Å². The molecular formula is C26H32ClN3O2. The van der Waals surface area contributed by atoms with Crippen LogP contribution in [0.4, 0.5) is 0 Å². The van der Waals surface area contributed by atoms with Crippen LogP contribution in [0.25, 0.3) is 0 Å². The Balaban J connectivity index is 0.000000186. The maximum Gasteiger partial charge on any atom is 0.149 e. The monoisotopic (exact) mass is 453 g/mol. The first kappa shape index (κ1) is 24.1. The van der Waals surface area contributed by atoms with E-state index in [0.717, 1.165) is 44.0 Å². The standard InChI is InChI=1S/C16H20N2.C10H12ClNO2/c1-13-6-8-15(9-7-13)12-17-11-10-16-5-3-4-14(2)18-16;11-9-7-8(3-4-10(9)13)14-12-5-1-2-6-12/h3-9,17H,10-12H2,1-2H3;3-4,7,13H,1-2,5-6H2. The maximum absolute atomic E-state index is 9.20. The Labute approximate surface area is 196 Å². The predicted molar refractivity (Wildman–Crippen MR) is 130 cm³/mol. The molecule has 1 aromatic heterocycles. The summed E-state index contributed by atoms with van der Waals surface area (Å²) in [5.74, 6) is 0.759. The molecule has 0 unspecified atom stereocenters. The minimum Gasteiger partial charge on any atom is -0.506 e. The minimum absolute atomic E-state index is 0.0837. The number of aryl methyl sites for hydroxylation is 2. The van der Waals surface area contributed by atoms with Crippen molar-refractivity contribution in [2.24, 2.45) is 0 Å². The fourth-order valence-electron chi connectivity index (χ4n) is 3.37. The van der Waals surface area contributed by atoms with Crippen molar-refractivity contribution >= 4 is 11.6 Å². The van der Waals surface area contributed by atoms with Crippen molar-refractivity contribution in [3.8, 4) is 11.5 Å². The normalized spacial score (nSPS) is 13.5. The summed E-state index contributed by atoms with van der Waals surface area (Å²) in [6.45, 7) is 7.94. The van der Waals surface area contributed by atoms with E-state index in [2.05, 4.69) is 53.6 Å². The first-order valence-electron chi connectivity index (χ1n) is 11.1. The van der Waals surface area contributed by atoms with Gasteiger partial charge in [0.15, 0.2) is 0 Å². The van der Waals surface area contributed by atoms with E-state index in [0.29, 0.717) is 10.8 Å². The summed E-state index contributed by atoms with van der Waals surface area (Å²) in [7, 11) is 0. The predicted octanol–water partition coefficient (Wildman–Crippen LogP) is 5.47. The average molecular weight is 454 g/mol. The summed E-state index contributed by atoms with van der Waals surface area (Å²) >= 11 is 5.75. The Bertz CT molecular complexity index is 973. The van der Waals surface area contributed by atoms with E-state index in [1.54, 1.807) is 12.1 Å². The summed E-state index contributed by atoms with van der Waals surface area (Å²) in [5, 5.41) is 14.9. The summed E-state index contributed by atoms with van der Waals surface area (Å²) in [6.07, 6.45) is 3.32. The molecule has 1 fully saturated rings. The lowest BCUT2D eigenvalue weighted by Gasteiger charge is -2.15. The van der Waals surface area contributed by atoms with Crippen LogP contribution in [0.3, 0.4) is 0 Å². The second-order valence-electron chi connectivity index (χ2n) is 8.02. The van der Waals surface area contributed by atoms with Crippen molar-refractivity contribution in [2.45, 2.75) is 39.7 Å². The van der Waals surface area contributed by atoms with Crippen LogP contribution in [-0.4, -0.2) is 34.8 Å². The number of rotatable bonds is 7. The van der Waals surface area contributed by atoms with Crippen molar-refractivity contribution in [3.05, 3.63) is 88.2 Å². The van der Waals surface area contributed by atoms with Crippen LogP contribution in [0.15, 0.2) is 60.7 Å². The van der Waals surface area contributed by atoms with Gasteiger partial charge in [-0.2, -0.15) is 0 Å². The Kier molecular flexibility index (Phi) is 9.35. The molecule has 32 heavy (non-hydrogen) atoms. The number of halogens is 1. The van der Waals surface area contributed by atoms with E-state index >= 15 is 0 Å². The van der Waals surface area contributed by atoms with E-state index < -0.39 is 0 Å². The van der Waals surface area contributed by atoms with Gasteiger partial charge in [0, 0.05) is 50.1 Å². The van der Waals surface area contributed by atoms with E-state index in [9.17, 15) is 5.11 Å². The highest BCUT2D eigenvalue weighted by molar-refractivity contribution is 6.32. The zero-order chi connectivity index (χ0) is 22.8. The molecule has 2 N–H and O–H groups in total. The highest BCUT2D eigenvalue weighted by Gasteiger charge is 2.13. The fraction of sp³-hybridized carbons (Fsp3) is 0.346. The smallest absolute Gasteiger partial charge is 0.149 e. The van der Waals surface area contributed by atoms with Gasteiger partial charge in [0.25, 0.3) is 0 Å². The molecule has 0 bridgehead atoms. The highest BCUT2D eigenvalue weighted by atomic mass is 35.5. The second-order valence-corrected chi connectivity index (χ2v) is 8.43. The van der Waals surface area contributed by atoms with Crippen molar-refractivity contribution in [3.63, 3.8) is 0 Å². The SMILES string of the molecule is Cc1ccc(CNCCc2cccc(C)n2)cc1.Oc1ccc(ON2CCCC2)cc1Cl. The Hall–Kier alpha value is -2.60. The van der Waals surface area contributed by atoms with Gasteiger partial charge in [-0.3, -0.25) is 4.98 Å². The molecule has 0 saturated carbocycles. The molecule has 3 aromatic rings. The van der Waals surface area contributed by atoms with Gasteiger partial charge in [0.05, 0.1) is 5.02 Å². The van der Waals surface area contributed by atoms with Crippen molar-refractivity contribution < 1.29 is 9.94 Å². The third-order valence-electron chi connectivity index (χ3n) is 5.17. The second kappa shape index (κ2) is 12.4. The number of aromatic nitrogens is 1. The van der Waals surface area contributed by atoms with E-state index in [1.807, 2.05) is 18.1 Å². The maximum atomic E-state index is 9.20. The molecule has 1 aliphatic rings. The number of hydrogen-bond acceptors (Lipinski definition) is 5. The van der Waals surface area contributed by atoms with Gasteiger partial charge in [0.1, 0.15) is 11.5 Å². The first-order chi connectivity index (χ1) is 15.5. The van der Waals surface area contributed by atoms with Gasteiger partial charge in [0.2, 0.25) is 0 Å². The number of aromatic hydroxyl groups is 1. The van der Waals surface area contributed by atoms with E-state index in [1.165, 1.54) is 30.0 Å². The zero-order valence-electron chi connectivity index (χ0n) is 18.9. The number of phenolic OH excluding ortho intramolecular Hbond substituents is 1. The van der Waals surface area contributed by atoms with Crippen LogP contribution in [-0.2, 0) is 13.0 Å².